The smallest absolute Gasteiger partial charge is 0.0617 e. The van der Waals surface area contributed by atoms with Gasteiger partial charge in [-0.3, -0.25) is 0 Å². The largest absolute Gasteiger partial charge is 0.397 e. The van der Waals surface area contributed by atoms with Gasteiger partial charge in [-0.1, -0.05) is 127 Å². The summed E-state index contributed by atoms with van der Waals surface area (Å²) in [6.45, 7) is 0. The van der Waals surface area contributed by atoms with Crippen LogP contribution in [0.2, 0.25) is 0 Å². The Bertz CT molecular complexity index is 1900. The zero-order chi connectivity index (χ0) is 26.9. The molecule has 7 aromatic rings. The Morgan fingerprint density at radius 2 is 0.750 bits per heavy atom. The first-order valence-electron chi connectivity index (χ1n) is 13.6. The van der Waals surface area contributed by atoms with Crippen molar-refractivity contribution in [1.29, 1.82) is 0 Å². The van der Waals surface area contributed by atoms with E-state index in [-0.39, 0.29) is 0 Å². The summed E-state index contributed by atoms with van der Waals surface area (Å²) in [5.41, 5.74) is 16.2. The molecule has 0 amide bonds. The standard InChI is InChI=1S/C38H28N2/c39-35-16-8-9-17-36(35)40-30-24-22-29(23-25-30)38-33-14-6-4-12-31(33)37(32-13-5-7-15-34(32)38)28-20-18-27(19-21-28)26-10-2-1-3-11-26/h1-25,40H,39H2. The molecule has 0 saturated heterocycles. The van der Waals surface area contributed by atoms with Crippen LogP contribution in [-0.2, 0) is 0 Å². The number of para-hydroxylation sites is 2. The molecule has 0 unspecified atom stereocenters. The van der Waals surface area contributed by atoms with E-state index in [1.165, 1.54) is 54.9 Å². The number of fused-ring (bicyclic) bond motifs is 2. The summed E-state index contributed by atoms with van der Waals surface area (Å²) in [5, 5.41) is 8.45. The normalized spacial score (nSPS) is 11.1. The van der Waals surface area contributed by atoms with Crippen molar-refractivity contribution in [2.45, 2.75) is 0 Å². The molecule has 0 radical (unpaired) electrons. The van der Waals surface area contributed by atoms with Crippen LogP contribution in [0, 0.1) is 0 Å². The molecule has 0 aliphatic rings. The van der Waals surface area contributed by atoms with Crippen LogP contribution in [0.25, 0.3) is 54.9 Å². The Hall–Kier alpha value is -5.34. The van der Waals surface area contributed by atoms with Crippen molar-refractivity contribution in [3.05, 3.63) is 152 Å². The first-order valence-corrected chi connectivity index (χ1v) is 13.6. The summed E-state index contributed by atoms with van der Waals surface area (Å²) in [6.07, 6.45) is 0. The highest BCUT2D eigenvalue weighted by Gasteiger charge is 2.16. The van der Waals surface area contributed by atoms with E-state index in [4.69, 9.17) is 5.73 Å². The average molecular weight is 513 g/mol. The Kier molecular flexibility index (Phi) is 5.99. The number of nitrogens with one attached hydrogen (secondary N) is 1. The third kappa shape index (κ3) is 4.26. The maximum atomic E-state index is 6.15. The van der Waals surface area contributed by atoms with Crippen LogP contribution < -0.4 is 11.1 Å². The van der Waals surface area contributed by atoms with E-state index in [1.807, 2.05) is 24.3 Å². The van der Waals surface area contributed by atoms with Crippen molar-refractivity contribution in [1.82, 2.24) is 0 Å². The fourth-order valence-corrected chi connectivity index (χ4v) is 5.70. The number of hydrogen-bond donors (Lipinski definition) is 2. The highest BCUT2D eigenvalue weighted by Crippen LogP contribution is 2.44. The van der Waals surface area contributed by atoms with Gasteiger partial charge in [0.2, 0.25) is 0 Å². The Labute approximate surface area is 234 Å². The minimum absolute atomic E-state index is 0.732. The van der Waals surface area contributed by atoms with Crippen molar-refractivity contribution in [2.75, 3.05) is 11.1 Å². The molecular formula is C38H28N2. The molecule has 0 heterocycles. The molecule has 0 aliphatic heterocycles. The van der Waals surface area contributed by atoms with Crippen LogP contribution in [-0.4, -0.2) is 0 Å². The molecule has 7 rings (SSSR count). The molecule has 0 aliphatic carbocycles. The number of rotatable bonds is 5. The lowest BCUT2D eigenvalue weighted by Crippen LogP contribution is -1.95. The lowest BCUT2D eigenvalue weighted by atomic mass is 9.85. The third-order valence-electron chi connectivity index (χ3n) is 7.63. The average Bonchev–Trinajstić information content (AvgIpc) is 3.02. The first-order chi connectivity index (χ1) is 19.8. The van der Waals surface area contributed by atoms with Gasteiger partial charge in [-0.2, -0.15) is 0 Å². The van der Waals surface area contributed by atoms with Gasteiger partial charge in [-0.05, 0) is 79.2 Å². The summed E-state index contributed by atoms with van der Waals surface area (Å²) >= 11 is 0. The van der Waals surface area contributed by atoms with E-state index >= 15 is 0 Å². The second-order valence-corrected chi connectivity index (χ2v) is 10.1. The molecule has 3 N–H and O–H groups in total. The fourth-order valence-electron chi connectivity index (χ4n) is 5.70. The minimum Gasteiger partial charge on any atom is -0.397 e. The predicted molar refractivity (Wildman–Crippen MR) is 172 cm³/mol. The van der Waals surface area contributed by atoms with Crippen LogP contribution >= 0.6 is 0 Å². The number of benzene rings is 7. The highest BCUT2D eigenvalue weighted by atomic mass is 14.9. The fraction of sp³-hybridized carbons (Fsp3) is 0. The number of nitrogens with two attached hydrogens (primary N) is 1. The van der Waals surface area contributed by atoms with Gasteiger partial charge in [0.1, 0.15) is 0 Å². The van der Waals surface area contributed by atoms with Gasteiger partial charge in [-0.15, -0.1) is 0 Å². The second kappa shape index (κ2) is 10.1. The molecule has 190 valence electrons. The van der Waals surface area contributed by atoms with Gasteiger partial charge in [0, 0.05) is 5.69 Å². The Morgan fingerprint density at radius 3 is 1.27 bits per heavy atom. The van der Waals surface area contributed by atoms with Crippen LogP contribution in [0.5, 0.6) is 0 Å². The van der Waals surface area contributed by atoms with Crippen LogP contribution in [0.1, 0.15) is 0 Å². The summed E-state index contributed by atoms with van der Waals surface area (Å²) in [5.74, 6) is 0. The molecular weight excluding hydrogens is 484 g/mol. The Balaban J connectivity index is 1.37. The van der Waals surface area contributed by atoms with Crippen LogP contribution in [0.3, 0.4) is 0 Å². The zero-order valence-corrected chi connectivity index (χ0v) is 22.0. The Morgan fingerprint density at radius 1 is 0.350 bits per heavy atom. The van der Waals surface area contributed by atoms with E-state index in [0.29, 0.717) is 0 Å². The maximum Gasteiger partial charge on any atom is 0.0617 e. The number of hydrogen-bond acceptors (Lipinski definition) is 2. The van der Waals surface area contributed by atoms with Gasteiger partial charge in [0.25, 0.3) is 0 Å². The topological polar surface area (TPSA) is 38.0 Å². The third-order valence-corrected chi connectivity index (χ3v) is 7.63. The van der Waals surface area contributed by atoms with Gasteiger partial charge in [0.05, 0.1) is 11.4 Å². The van der Waals surface area contributed by atoms with Crippen LogP contribution in [0.4, 0.5) is 17.1 Å². The quantitative estimate of drug-likeness (QED) is 0.178. The van der Waals surface area contributed by atoms with E-state index in [0.717, 1.165) is 17.1 Å². The van der Waals surface area contributed by atoms with E-state index < -0.39 is 0 Å². The molecule has 0 saturated carbocycles. The molecule has 40 heavy (non-hydrogen) atoms. The zero-order valence-electron chi connectivity index (χ0n) is 22.0. The predicted octanol–water partition coefficient (Wildman–Crippen LogP) is 10.3. The van der Waals surface area contributed by atoms with Gasteiger partial charge in [0.15, 0.2) is 0 Å². The first kappa shape index (κ1) is 23.8. The van der Waals surface area contributed by atoms with E-state index in [1.54, 1.807) is 0 Å². The summed E-state index contributed by atoms with van der Waals surface area (Å²) < 4.78 is 0. The number of anilines is 3. The number of nitrogen functional groups attached to an aromatic ring is 1. The minimum atomic E-state index is 0.732. The maximum absolute atomic E-state index is 6.15. The second-order valence-electron chi connectivity index (χ2n) is 10.1. The molecule has 2 heteroatoms. The lowest BCUT2D eigenvalue weighted by Gasteiger charge is -2.18. The molecule has 2 nitrogen and oxygen atoms in total. The molecule has 0 spiro atoms. The van der Waals surface area contributed by atoms with E-state index in [2.05, 4.69) is 133 Å². The van der Waals surface area contributed by atoms with Gasteiger partial charge < -0.3 is 11.1 Å². The van der Waals surface area contributed by atoms with Crippen molar-refractivity contribution >= 4 is 38.6 Å². The molecule has 7 aromatic carbocycles. The monoisotopic (exact) mass is 512 g/mol. The summed E-state index contributed by atoms with van der Waals surface area (Å²) in [7, 11) is 0. The van der Waals surface area contributed by atoms with Gasteiger partial charge in [-0.25, -0.2) is 0 Å². The molecule has 0 bridgehead atoms. The van der Waals surface area contributed by atoms with Crippen molar-refractivity contribution < 1.29 is 0 Å². The summed E-state index contributed by atoms with van der Waals surface area (Å²) in [6, 6.07) is 53.5. The molecule has 0 atom stereocenters. The van der Waals surface area contributed by atoms with Crippen LogP contribution in [0.15, 0.2) is 152 Å². The molecule has 0 aromatic heterocycles. The van der Waals surface area contributed by atoms with Crippen molar-refractivity contribution in [3.63, 3.8) is 0 Å². The highest BCUT2D eigenvalue weighted by molar-refractivity contribution is 6.21. The summed E-state index contributed by atoms with van der Waals surface area (Å²) in [4.78, 5) is 0. The van der Waals surface area contributed by atoms with Crippen molar-refractivity contribution in [3.8, 4) is 33.4 Å². The lowest BCUT2D eigenvalue weighted by molar-refractivity contribution is 1.54. The van der Waals surface area contributed by atoms with E-state index in [9.17, 15) is 0 Å². The van der Waals surface area contributed by atoms with Gasteiger partial charge >= 0.3 is 0 Å². The SMILES string of the molecule is Nc1ccccc1Nc1ccc(-c2c3ccccc3c(-c3ccc(-c4ccccc4)cc3)c3ccccc23)cc1. The molecule has 0 fully saturated rings. The van der Waals surface area contributed by atoms with Crippen molar-refractivity contribution in [2.24, 2.45) is 0 Å².